The van der Waals surface area contributed by atoms with Gasteiger partial charge in [-0.2, -0.15) is 0 Å². The van der Waals surface area contributed by atoms with Gasteiger partial charge in [0.15, 0.2) is 5.16 Å². The van der Waals surface area contributed by atoms with Crippen LogP contribution < -0.4 is 21.5 Å². The molecule has 2 rings (SSSR count). The molecular formula is C20H30N5O3S+. The van der Waals surface area contributed by atoms with Crippen molar-refractivity contribution in [3.05, 3.63) is 34.6 Å². The third kappa shape index (κ3) is 5.80. The number of hydrogen-bond acceptors (Lipinski definition) is 5. The highest BCUT2D eigenvalue weighted by molar-refractivity contribution is 8.00. The monoisotopic (exact) mass is 420 g/mol. The quantitative estimate of drug-likeness (QED) is 0.432. The average Bonchev–Trinajstić information content (AvgIpc) is 2.63. The maximum absolute atomic E-state index is 13.2. The zero-order valence-corrected chi connectivity index (χ0v) is 18.4. The number of urea groups is 1. The van der Waals surface area contributed by atoms with E-state index in [1.807, 2.05) is 12.1 Å². The Labute approximate surface area is 174 Å². The average molecular weight is 421 g/mol. The number of imide groups is 1. The smallest absolute Gasteiger partial charge is 0.318 e. The van der Waals surface area contributed by atoms with Crippen molar-refractivity contribution in [1.29, 1.82) is 0 Å². The van der Waals surface area contributed by atoms with Gasteiger partial charge in [0.05, 0.1) is 41.3 Å². The van der Waals surface area contributed by atoms with Crippen molar-refractivity contribution < 1.29 is 14.5 Å². The molecule has 3 amide bonds. The molecule has 1 heterocycles. The maximum Gasteiger partial charge on any atom is 0.318 e. The number of hydrogen-bond donors (Lipinski definition) is 3. The fraction of sp³-hybridized carbons (Fsp3) is 0.500. The van der Waals surface area contributed by atoms with Crippen molar-refractivity contribution in [3.63, 3.8) is 0 Å². The normalized spacial score (nSPS) is 12.7. The number of nitrogens with zero attached hydrogens (tertiary/aromatic N) is 2. The molecule has 0 saturated carbocycles. The van der Waals surface area contributed by atoms with E-state index in [0.29, 0.717) is 34.7 Å². The fourth-order valence-corrected chi connectivity index (χ4v) is 4.29. The van der Waals surface area contributed by atoms with E-state index in [9.17, 15) is 14.4 Å². The summed E-state index contributed by atoms with van der Waals surface area (Å²) in [6.07, 6.45) is 0. The standard InChI is InChI=1S/C20H29N5O3S/c1-12(2)24(13(3)4)10-11-25-18(27)15-8-6-7-9-16(15)22-20(25)29-14(5)17(26)23-19(21)28/h6-9,12-14H,10-11H2,1-5H3,(H3,21,23,26,28)/p+1/t14-/m1/s1. The second-order valence-corrected chi connectivity index (χ2v) is 8.92. The van der Waals surface area contributed by atoms with Gasteiger partial charge in [0.25, 0.3) is 5.56 Å². The number of quaternary nitrogens is 1. The lowest BCUT2D eigenvalue weighted by Crippen LogP contribution is -3.18. The molecule has 9 heteroatoms. The van der Waals surface area contributed by atoms with E-state index in [4.69, 9.17) is 5.73 Å². The van der Waals surface area contributed by atoms with Crippen LogP contribution >= 0.6 is 11.8 Å². The second-order valence-electron chi connectivity index (χ2n) is 7.62. The maximum atomic E-state index is 13.2. The van der Waals surface area contributed by atoms with Crippen molar-refractivity contribution in [3.8, 4) is 0 Å². The van der Waals surface area contributed by atoms with Gasteiger partial charge in [0, 0.05) is 0 Å². The van der Waals surface area contributed by atoms with Crippen molar-refractivity contribution in [1.82, 2.24) is 14.9 Å². The van der Waals surface area contributed by atoms with Crippen molar-refractivity contribution >= 4 is 34.6 Å². The van der Waals surface area contributed by atoms with Crippen LogP contribution in [0.1, 0.15) is 34.6 Å². The highest BCUT2D eigenvalue weighted by atomic mass is 32.2. The molecule has 8 nitrogen and oxygen atoms in total. The van der Waals surface area contributed by atoms with Crippen molar-refractivity contribution in [2.24, 2.45) is 5.73 Å². The molecule has 29 heavy (non-hydrogen) atoms. The van der Waals surface area contributed by atoms with Crippen LogP contribution in [0.25, 0.3) is 10.9 Å². The molecule has 4 N–H and O–H groups in total. The number of benzene rings is 1. The number of rotatable bonds is 8. The largest absolute Gasteiger partial charge is 0.351 e. The molecule has 0 radical (unpaired) electrons. The number of aromatic nitrogens is 2. The number of primary amides is 1. The highest BCUT2D eigenvalue weighted by Crippen LogP contribution is 2.22. The van der Waals surface area contributed by atoms with E-state index in [-0.39, 0.29) is 5.56 Å². The second kappa shape index (κ2) is 9.89. The lowest BCUT2D eigenvalue weighted by molar-refractivity contribution is -0.942. The Bertz CT molecular complexity index is 933. The first kappa shape index (κ1) is 22.9. The topological polar surface area (TPSA) is 112 Å². The van der Waals surface area contributed by atoms with Gasteiger partial charge in [-0.15, -0.1) is 0 Å². The summed E-state index contributed by atoms with van der Waals surface area (Å²) < 4.78 is 1.63. The van der Waals surface area contributed by atoms with Gasteiger partial charge < -0.3 is 10.6 Å². The molecule has 0 aliphatic carbocycles. The Morgan fingerprint density at radius 3 is 2.38 bits per heavy atom. The molecule has 0 aliphatic heterocycles. The fourth-order valence-electron chi connectivity index (χ4n) is 3.35. The molecule has 0 bridgehead atoms. The number of nitrogens with one attached hydrogen (secondary N) is 2. The minimum Gasteiger partial charge on any atom is -0.351 e. The molecule has 0 spiro atoms. The molecular weight excluding hydrogens is 390 g/mol. The predicted octanol–water partition coefficient (Wildman–Crippen LogP) is 0.774. The Morgan fingerprint density at radius 2 is 1.79 bits per heavy atom. The number of carbonyl (C=O) groups excluding carboxylic acids is 2. The Balaban J connectivity index is 2.41. The lowest BCUT2D eigenvalue weighted by Gasteiger charge is -2.28. The van der Waals surface area contributed by atoms with Crippen molar-refractivity contribution in [2.45, 2.75) is 63.7 Å². The van der Waals surface area contributed by atoms with Crippen molar-refractivity contribution in [2.75, 3.05) is 6.54 Å². The molecule has 2 aromatic rings. The first-order chi connectivity index (χ1) is 13.6. The molecule has 0 aliphatic rings. The molecule has 0 unspecified atom stereocenters. The SMILES string of the molecule is CC(C)[NH+](CCn1c(S[C@H](C)C(=O)NC(N)=O)nc2ccccc2c1=O)C(C)C. The number of amides is 3. The number of fused-ring (bicyclic) bond motifs is 1. The third-order valence-corrected chi connectivity index (χ3v) is 5.92. The summed E-state index contributed by atoms with van der Waals surface area (Å²) in [6, 6.07) is 7.09. The van der Waals surface area contributed by atoms with Gasteiger partial charge in [-0.3, -0.25) is 19.5 Å². The van der Waals surface area contributed by atoms with Gasteiger partial charge in [-0.1, -0.05) is 23.9 Å². The zero-order valence-electron chi connectivity index (χ0n) is 17.6. The summed E-state index contributed by atoms with van der Waals surface area (Å²) in [7, 11) is 0. The first-order valence-electron chi connectivity index (χ1n) is 9.74. The summed E-state index contributed by atoms with van der Waals surface area (Å²) in [6.45, 7) is 11.5. The highest BCUT2D eigenvalue weighted by Gasteiger charge is 2.22. The molecule has 1 aromatic heterocycles. The predicted molar refractivity (Wildman–Crippen MR) is 115 cm³/mol. The summed E-state index contributed by atoms with van der Waals surface area (Å²) in [5.41, 5.74) is 5.48. The zero-order chi connectivity index (χ0) is 21.7. The number of nitrogens with two attached hydrogens (primary N) is 1. The summed E-state index contributed by atoms with van der Waals surface area (Å²) in [5.74, 6) is -0.520. The van der Waals surface area contributed by atoms with E-state index >= 15 is 0 Å². The van der Waals surface area contributed by atoms with E-state index in [1.165, 1.54) is 4.90 Å². The minimum absolute atomic E-state index is 0.132. The van der Waals surface area contributed by atoms with Crippen LogP contribution in [0.4, 0.5) is 4.79 Å². The molecule has 0 saturated heterocycles. The Kier molecular flexibility index (Phi) is 7.80. The van der Waals surface area contributed by atoms with Gasteiger partial charge in [0.1, 0.15) is 0 Å². The van der Waals surface area contributed by atoms with Crippen LogP contribution in [-0.4, -0.2) is 45.4 Å². The van der Waals surface area contributed by atoms with Crippen LogP contribution in [0.2, 0.25) is 0 Å². The summed E-state index contributed by atoms with van der Waals surface area (Å²) in [4.78, 5) is 42.2. The van der Waals surface area contributed by atoms with Gasteiger partial charge in [-0.25, -0.2) is 9.78 Å². The first-order valence-corrected chi connectivity index (χ1v) is 10.6. The van der Waals surface area contributed by atoms with Crippen LogP contribution in [-0.2, 0) is 11.3 Å². The van der Waals surface area contributed by atoms with Gasteiger partial charge in [-0.05, 0) is 46.8 Å². The van der Waals surface area contributed by atoms with E-state index in [2.05, 4.69) is 38.0 Å². The molecule has 1 aromatic carbocycles. The van der Waals surface area contributed by atoms with Crippen LogP contribution in [0.5, 0.6) is 0 Å². The van der Waals surface area contributed by atoms with Crippen LogP contribution in [0.15, 0.2) is 34.2 Å². The summed E-state index contributed by atoms with van der Waals surface area (Å²) in [5, 5.41) is 2.43. The minimum atomic E-state index is -0.903. The number of para-hydroxylation sites is 1. The number of carbonyl (C=O) groups is 2. The van der Waals surface area contributed by atoms with Crippen LogP contribution in [0.3, 0.4) is 0 Å². The lowest BCUT2D eigenvalue weighted by atomic mass is 10.2. The van der Waals surface area contributed by atoms with E-state index < -0.39 is 17.2 Å². The van der Waals surface area contributed by atoms with Gasteiger partial charge in [0.2, 0.25) is 5.91 Å². The summed E-state index contributed by atoms with van der Waals surface area (Å²) >= 11 is 1.14. The Morgan fingerprint density at radius 1 is 1.17 bits per heavy atom. The number of thioether (sulfide) groups is 1. The Hall–Kier alpha value is -2.39. The molecule has 158 valence electrons. The molecule has 1 atom stereocenters. The third-order valence-electron chi connectivity index (χ3n) is 4.83. The van der Waals surface area contributed by atoms with Gasteiger partial charge >= 0.3 is 6.03 Å². The molecule has 0 fully saturated rings. The van der Waals surface area contributed by atoms with E-state index in [0.717, 1.165) is 18.3 Å². The van der Waals surface area contributed by atoms with Crippen LogP contribution in [0, 0.1) is 0 Å². The van der Waals surface area contributed by atoms with E-state index in [1.54, 1.807) is 23.6 Å².